The Balaban J connectivity index is 1.96. The molecule has 0 amide bonds. The molecule has 0 bridgehead atoms. The van der Waals surface area contributed by atoms with Crippen molar-refractivity contribution in [2.45, 2.75) is 19.4 Å². The summed E-state index contributed by atoms with van der Waals surface area (Å²) in [5.41, 5.74) is 1.85. The summed E-state index contributed by atoms with van der Waals surface area (Å²) in [6, 6.07) is 10.2. The van der Waals surface area contributed by atoms with Gasteiger partial charge in [0, 0.05) is 6.04 Å². The molecule has 0 saturated carbocycles. The Morgan fingerprint density at radius 2 is 1.86 bits per heavy atom. The smallest absolute Gasteiger partial charge is 0.123 e. The van der Waals surface area contributed by atoms with Crippen LogP contribution in [0.1, 0.15) is 24.1 Å². The maximum Gasteiger partial charge on any atom is 0.123 e. The van der Waals surface area contributed by atoms with E-state index in [4.69, 9.17) is 34.8 Å². The zero-order valence-corrected chi connectivity index (χ0v) is 13.7. The van der Waals surface area contributed by atoms with Gasteiger partial charge in [0.15, 0.2) is 0 Å². The van der Waals surface area contributed by atoms with Gasteiger partial charge in [0.1, 0.15) is 5.82 Å². The van der Waals surface area contributed by atoms with Crippen LogP contribution in [0.25, 0.3) is 0 Å². The maximum absolute atomic E-state index is 13.1. The molecule has 0 aliphatic carbocycles. The van der Waals surface area contributed by atoms with Gasteiger partial charge in [-0.25, -0.2) is 4.39 Å². The van der Waals surface area contributed by atoms with E-state index in [9.17, 15) is 4.39 Å². The van der Waals surface area contributed by atoms with Crippen molar-refractivity contribution in [3.05, 3.63) is 68.4 Å². The largest absolute Gasteiger partial charge is 0.310 e. The molecule has 0 heterocycles. The van der Waals surface area contributed by atoms with Crippen molar-refractivity contribution >= 4 is 34.8 Å². The van der Waals surface area contributed by atoms with E-state index >= 15 is 0 Å². The highest BCUT2D eigenvalue weighted by atomic mass is 35.5. The number of benzene rings is 2. The fourth-order valence-corrected chi connectivity index (χ4v) is 2.82. The predicted octanol–water partition coefficient (Wildman–Crippen LogP) is 5.68. The van der Waals surface area contributed by atoms with Crippen LogP contribution in [0.15, 0.2) is 36.4 Å². The Kier molecular flexibility index (Phi) is 5.88. The van der Waals surface area contributed by atoms with E-state index in [0.29, 0.717) is 21.6 Å². The van der Waals surface area contributed by atoms with Gasteiger partial charge >= 0.3 is 0 Å². The van der Waals surface area contributed by atoms with Crippen LogP contribution in [0.3, 0.4) is 0 Å². The Hall–Kier alpha value is -0.800. The van der Waals surface area contributed by atoms with Crippen molar-refractivity contribution in [3.8, 4) is 0 Å². The quantitative estimate of drug-likeness (QED) is 0.687. The number of hydrogen-bond acceptors (Lipinski definition) is 1. The van der Waals surface area contributed by atoms with Gasteiger partial charge in [-0.1, -0.05) is 53.0 Å². The molecule has 0 spiro atoms. The first-order valence-electron chi connectivity index (χ1n) is 6.60. The van der Waals surface area contributed by atoms with Crippen molar-refractivity contribution < 1.29 is 4.39 Å². The summed E-state index contributed by atoms with van der Waals surface area (Å²) in [4.78, 5) is 0. The molecule has 2 rings (SSSR count). The van der Waals surface area contributed by atoms with Gasteiger partial charge in [0.2, 0.25) is 0 Å². The lowest BCUT2D eigenvalue weighted by Crippen LogP contribution is -2.21. The molecule has 1 atom stereocenters. The lowest BCUT2D eigenvalue weighted by molar-refractivity contribution is 0.574. The third-order valence-electron chi connectivity index (χ3n) is 3.28. The number of hydrogen-bond donors (Lipinski definition) is 1. The van der Waals surface area contributed by atoms with Crippen LogP contribution >= 0.6 is 34.8 Å². The molecule has 1 unspecified atom stereocenters. The Labute approximate surface area is 139 Å². The van der Waals surface area contributed by atoms with E-state index < -0.39 is 0 Å². The fourth-order valence-electron chi connectivity index (χ4n) is 2.11. The van der Waals surface area contributed by atoms with Crippen LogP contribution in [0.5, 0.6) is 0 Å². The zero-order chi connectivity index (χ0) is 15.4. The summed E-state index contributed by atoms with van der Waals surface area (Å²) in [7, 11) is 0. The summed E-state index contributed by atoms with van der Waals surface area (Å²) >= 11 is 18.2. The molecule has 112 valence electrons. The van der Waals surface area contributed by atoms with Crippen molar-refractivity contribution in [2.75, 3.05) is 6.54 Å². The standard InChI is InChI=1S/C16H15Cl3FN/c1-10(13-5-6-14(17)16(19)15(13)18)21-8-7-11-3-2-4-12(20)9-11/h2-6,9-10,21H,7-8H2,1H3. The Bertz CT molecular complexity index is 631. The molecule has 0 fully saturated rings. The average molecular weight is 347 g/mol. The minimum absolute atomic E-state index is 0.0285. The zero-order valence-electron chi connectivity index (χ0n) is 11.5. The van der Waals surface area contributed by atoms with Crippen LogP contribution in [-0.4, -0.2) is 6.54 Å². The first kappa shape index (κ1) is 16.6. The summed E-state index contributed by atoms with van der Waals surface area (Å²) in [5.74, 6) is -0.215. The van der Waals surface area contributed by atoms with Crippen molar-refractivity contribution in [1.29, 1.82) is 0 Å². The first-order chi connectivity index (χ1) is 9.99. The normalized spacial score (nSPS) is 12.4. The minimum atomic E-state index is -0.215. The maximum atomic E-state index is 13.1. The number of nitrogens with one attached hydrogen (secondary N) is 1. The van der Waals surface area contributed by atoms with Gasteiger partial charge in [-0.05, 0) is 49.2 Å². The molecule has 1 nitrogen and oxygen atoms in total. The van der Waals surface area contributed by atoms with Crippen LogP contribution in [0, 0.1) is 5.82 Å². The molecule has 0 aromatic heterocycles. The van der Waals surface area contributed by atoms with Gasteiger partial charge in [0.25, 0.3) is 0 Å². The third kappa shape index (κ3) is 4.33. The van der Waals surface area contributed by atoms with E-state index in [1.54, 1.807) is 18.2 Å². The lowest BCUT2D eigenvalue weighted by atomic mass is 10.1. The second kappa shape index (κ2) is 7.46. The monoisotopic (exact) mass is 345 g/mol. The van der Waals surface area contributed by atoms with E-state index in [2.05, 4.69) is 5.32 Å². The van der Waals surface area contributed by atoms with Gasteiger partial charge < -0.3 is 5.32 Å². The fraction of sp³-hybridized carbons (Fsp3) is 0.250. The summed E-state index contributed by atoms with van der Waals surface area (Å²) < 4.78 is 13.1. The second-order valence-electron chi connectivity index (χ2n) is 4.82. The number of rotatable bonds is 5. The molecule has 0 aliphatic rings. The Morgan fingerprint density at radius 1 is 1.10 bits per heavy atom. The topological polar surface area (TPSA) is 12.0 Å². The molecular weight excluding hydrogens is 332 g/mol. The van der Waals surface area contributed by atoms with Crippen LogP contribution in [0.2, 0.25) is 15.1 Å². The van der Waals surface area contributed by atoms with Crippen LogP contribution in [0.4, 0.5) is 4.39 Å². The predicted molar refractivity (Wildman–Crippen MR) is 88.0 cm³/mol. The van der Waals surface area contributed by atoms with Crippen molar-refractivity contribution in [3.63, 3.8) is 0 Å². The molecule has 1 N–H and O–H groups in total. The summed E-state index contributed by atoms with van der Waals surface area (Å²) in [5, 5.41) is 4.63. The summed E-state index contributed by atoms with van der Waals surface area (Å²) in [6.45, 7) is 2.71. The van der Waals surface area contributed by atoms with E-state index in [1.165, 1.54) is 6.07 Å². The van der Waals surface area contributed by atoms with Crippen molar-refractivity contribution in [2.24, 2.45) is 0 Å². The molecule has 2 aromatic carbocycles. The number of halogens is 4. The average Bonchev–Trinajstić information content (AvgIpc) is 2.45. The molecule has 2 aromatic rings. The van der Waals surface area contributed by atoms with Gasteiger partial charge in [-0.3, -0.25) is 0 Å². The van der Waals surface area contributed by atoms with Crippen molar-refractivity contribution in [1.82, 2.24) is 5.32 Å². The molecule has 21 heavy (non-hydrogen) atoms. The van der Waals surface area contributed by atoms with Gasteiger partial charge in [-0.15, -0.1) is 0 Å². The van der Waals surface area contributed by atoms with E-state index in [-0.39, 0.29) is 11.9 Å². The SMILES string of the molecule is CC(NCCc1cccc(F)c1)c1ccc(Cl)c(Cl)c1Cl. The van der Waals surface area contributed by atoms with Crippen LogP contribution in [-0.2, 0) is 6.42 Å². The highest BCUT2D eigenvalue weighted by molar-refractivity contribution is 6.48. The third-order valence-corrected chi connectivity index (χ3v) is 4.59. The minimum Gasteiger partial charge on any atom is -0.310 e. The summed E-state index contributed by atoms with van der Waals surface area (Å²) in [6.07, 6.45) is 0.737. The first-order valence-corrected chi connectivity index (χ1v) is 7.73. The highest BCUT2D eigenvalue weighted by Crippen LogP contribution is 2.35. The molecular formula is C16H15Cl3FN. The van der Waals surface area contributed by atoms with Gasteiger partial charge in [-0.2, -0.15) is 0 Å². The van der Waals surface area contributed by atoms with E-state index in [1.807, 2.05) is 19.1 Å². The molecule has 0 aliphatic heterocycles. The molecule has 5 heteroatoms. The van der Waals surface area contributed by atoms with Crippen LogP contribution < -0.4 is 5.32 Å². The van der Waals surface area contributed by atoms with E-state index in [0.717, 1.165) is 17.5 Å². The molecule has 0 saturated heterocycles. The molecule has 0 radical (unpaired) electrons. The Morgan fingerprint density at radius 3 is 2.57 bits per heavy atom. The lowest BCUT2D eigenvalue weighted by Gasteiger charge is -2.17. The highest BCUT2D eigenvalue weighted by Gasteiger charge is 2.13. The van der Waals surface area contributed by atoms with Gasteiger partial charge in [0.05, 0.1) is 15.1 Å². The second-order valence-corrected chi connectivity index (χ2v) is 5.98.